The van der Waals surface area contributed by atoms with Gasteiger partial charge in [0.05, 0.1) is 4.92 Å². The van der Waals surface area contributed by atoms with Gasteiger partial charge in [-0.2, -0.15) is 4.39 Å². The second-order valence-electron chi connectivity index (χ2n) is 4.70. The maximum atomic E-state index is 13.3. The quantitative estimate of drug-likeness (QED) is 0.648. The van der Waals surface area contributed by atoms with Gasteiger partial charge in [0.15, 0.2) is 0 Å². The molecule has 17 heavy (non-hydrogen) atoms. The predicted octanol–water partition coefficient (Wildman–Crippen LogP) is 2.62. The minimum atomic E-state index is -0.767. The van der Waals surface area contributed by atoms with Crippen molar-refractivity contribution >= 4 is 5.69 Å². The molecule has 5 heteroatoms. The van der Waals surface area contributed by atoms with Crippen molar-refractivity contribution in [1.82, 2.24) is 5.32 Å². The summed E-state index contributed by atoms with van der Waals surface area (Å²) >= 11 is 0. The third kappa shape index (κ3) is 2.79. The molecule has 1 saturated carbocycles. The molecule has 0 amide bonds. The first-order valence-electron chi connectivity index (χ1n) is 5.72. The molecular formula is C12H15FN2O2. The van der Waals surface area contributed by atoms with Crippen LogP contribution >= 0.6 is 0 Å². The van der Waals surface area contributed by atoms with Crippen LogP contribution in [0.25, 0.3) is 0 Å². The third-order valence-corrected chi connectivity index (χ3v) is 3.18. The fraction of sp³-hybridized carbons (Fsp3) is 0.500. The van der Waals surface area contributed by atoms with E-state index in [-0.39, 0.29) is 0 Å². The lowest BCUT2D eigenvalue weighted by atomic mass is 9.82. The lowest BCUT2D eigenvalue weighted by Gasteiger charge is -2.33. The van der Waals surface area contributed by atoms with Crippen molar-refractivity contribution in [1.29, 1.82) is 0 Å². The summed E-state index contributed by atoms with van der Waals surface area (Å²) in [6, 6.07) is 4.54. The SMILES string of the molecule is CC1CC(NCc2ccc([N+](=O)[O-])c(F)c2)C1. The normalized spacial score (nSPS) is 23.2. The number of halogens is 1. The summed E-state index contributed by atoms with van der Waals surface area (Å²) < 4.78 is 13.3. The molecule has 0 spiro atoms. The average Bonchev–Trinajstić information content (AvgIpc) is 2.22. The smallest absolute Gasteiger partial charge is 0.304 e. The van der Waals surface area contributed by atoms with Crippen LogP contribution in [0.1, 0.15) is 25.3 Å². The Morgan fingerprint density at radius 1 is 1.53 bits per heavy atom. The number of nitrogens with one attached hydrogen (secondary N) is 1. The number of nitro benzene ring substituents is 1. The van der Waals surface area contributed by atoms with Crippen molar-refractivity contribution in [3.63, 3.8) is 0 Å². The molecule has 0 saturated heterocycles. The van der Waals surface area contributed by atoms with E-state index in [9.17, 15) is 14.5 Å². The molecule has 1 aliphatic rings. The van der Waals surface area contributed by atoms with Crippen molar-refractivity contribution in [2.75, 3.05) is 0 Å². The Hall–Kier alpha value is -1.49. The van der Waals surface area contributed by atoms with Gasteiger partial charge in [-0.05, 0) is 30.4 Å². The highest BCUT2D eigenvalue weighted by Gasteiger charge is 2.24. The van der Waals surface area contributed by atoms with Crippen LogP contribution in [0, 0.1) is 21.8 Å². The van der Waals surface area contributed by atoms with Crippen LogP contribution in [-0.4, -0.2) is 11.0 Å². The van der Waals surface area contributed by atoms with Gasteiger partial charge in [0.25, 0.3) is 0 Å². The molecular weight excluding hydrogens is 223 g/mol. The van der Waals surface area contributed by atoms with Crippen molar-refractivity contribution in [2.24, 2.45) is 5.92 Å². The zero-order valence-corrected chi connectivity index (χ0v) is 9.65. The fourth-order valence-electron chi connectivity index (χ4n) is 2.14. The van der Waals surface area contributed by atoms with E-state index < -0.39 is 16.4 Å². The maximum absolute atomic E-state index is 13.3. The van der Waals surface area contributed by atoms with Crippen molar-refractivity contribution in [2.45, 2.75) is 32.4 Å². The Kier molecular flexibility index (Phi) is 3.38. The van der Waals surface area contributed by atoms with E-state index in [0.717, 1.165) is 24.3 Å². The van der Waals surface area contributed by atoms with E-state index in [1.165, 1.54) is 12.1 Å². The topological polar surface area (TPSA) is 55.2 Å². The molecule has 1 N–H and O–H groups in total. The summed E-state index contributed by atoms with van der Waals surface area (Å²) in [5, 5.41) is 13.7. The van der Waals surface area contributed by atoms with E-state index in [1.807, 2.05) is 0 Å². The highest BCUT2D eigenvalue weighted by atomic mass is 19.1. The van der Waals surface area contributed by atoms with E-state index in [4.69, 9.17) is 0 Å². The van der Waals surface area contributed by atoms with Crippen LogP contribution in [0.3, 0.4) is 0 Å². The molecule has 0 aromatic heterocycles. The highest BCUT2D eigenvalue weighted by Crippen LogP contribution is 2.26. The van der Waals surface area contributed by atoms with Crippen molar-refractivity contribution in [3.8, 4) is 0 Å². The first-order chi connectivity index (χ1) is 8.06. The monoisotopic (exact) mass is 238 g/mol. The van der Waals surface area contributed by atoms with Crippen LogP contribution < -0.4 is 5.32 Å². The molecule has 92 valence electrons. The van der Waals surface area contributed by atoms with Gasteiger partial charge in [0.2, 0.25) is 5.82 Å². The standard InChI is InChI=1S/C12H15FN2O2/c1-8-4-10(5-8)14-7-9-2-3-12(15(16)17)11(13)6-9/h2-3,6,8,10,14H,4-5,7H2,1H3. The summed E-state index contributed by atoms with van der Waals surface area (Å²) in [5.41, 5.74) is 0.277. The van der Waals surface area contributed by atoms with Crippen LogP contribution in [0.2, 0.25) is 0 Å². The van der Waals surface area contributed by atoms with E-state index >= 15 is 0 Å². The van der Waals surface area contributed by atoms with Gasteiger partial charge in [-0.1, -0.05) is 13.0 Å². The number of rotatable bonds is 4. The molecule has 4 nitrogen and oxygen atoms in total. The molecule has 1 aromatic rings. The Bertz CT molecular complexity index is 431. The van der Waals surface area contributed by atoms with Crippen LogP contribution in [-0.2, 0) is 6.54 Å². The minimum Gasteiger partial charge on any atom is -0.310 e. The molecule has 0 unspecified atom stereocenters. The maximum Gasteiger partial charge on any atom is 0.304 e. The van der Waals surface area contributed by atoms with Gasteiger partial charge in [-0.15, -0.1) is 0 Å². The molecule has 0 radical (unpaired) electrons. The molecule has 1 aromatic carbocycles. The highest BCUT2D eigenvalue weighted by molar-refractivity contribution is 5.34. The van der Waals surface area contributed by atoms with E-state index in [1.54, 1.807) is 6.07 Å². The van der Waals surface area contributed by atoms with Crippen molar-refractivity contribution < 1.29 is 9.31 Å². The molecule has 0 atom stereocenters. The molecule has 1 aliphatic carbocycles. The first-order valence-corrected chi connectivity index (χ1v) is 5.72. The second kappa shape index (κ2) is 4.79. The van der Waals surface area contributed by atoms with Crippen molar-refractivity contribution in [3.05, 3.63) is 39.7 Å². The Morgan fingerprint density at radius 3 is 2.76 bits per heavy atom. The summed E-state index contributed by atoms with van der Waals surface area (Å²) in [6.07, 6.45) is 2.30. The number of hydrogen-bond donors (Lipinski definition) is 1. The summed E-state index contributed by atoms with van der Waals surface area (Å²) in [4.78, 5) is 9.73. The van der Waals surface area contributed by atoms with Gasteiger partial charge < -0.3 is 5.32 Å². The summed E-state index contributed by atoms with van der Waals surface area (Å²) in [6.45, 7) is 2.76. The zero-order valence-electron chi connectivity index (χ0n) is 9.65. The number of nitro groups is 1. The number of nitrogens with zero attached hydrogens (tertiary/aromatic N) is 1. The fourth-order valence-corrected chi connectivity index (χ4v) is 2.14. The first kappa shape index (κ1) is 12.0. The molecule has 0 aliphatic heterocycles. The zero-order chi connectivity index (χ0) is 12.4. The van der Waals surface area contributed by atoms with Gasteiger partial charge in [0, 0.05) is 18.7 Å². The second-order valence-corrected chi connectivity index (χ2v) is 4.70. The Morgan fingerprint density at radius 2 is 2.24 bits per heavy atom. The molecule has 0 heterocycles. The van der Waals surface area contributed by atoms with Gasteiger partial charge >= 0.3 is 5.69 Å². The third-order valence-electron chi connectivity index (χ3n) is 3.18. The molecule has 1 fully saturated rings. The number of benzene rings is 1. The Labute approximate surface area is 99.0 Å². The minimum absolute atomic E-state index is 0.467. The molecule has 2 rings (SSSR count). The van der Waals surface area contributed by atoms with Gasteiger partial charge in [0.1, 0.15) is 0 Å². The van der Waals surface area contributed by atoms with Crippen LogP contribution in [0.5, 0.6) is 0 Å². The Balaban J connectivity index is 1.93. The summed E-state index contributed by atoms with van der Waals surface area (Å²) in [7, 11) is 0. The average molecular weight is 238 g/mol. The largest absolute Gasteiger partial charge is 0.310 e. The summed E-state index contributed by atoms with van der Waals surface area (Å²) in [5.74, 6) is -0.00243. The van der Waals surface area contributed by atoms with Gasteiger partial charge in [-0.25, -0.2) is 0 Å². The lowest BCUT2D eigenvalue weighted by molar-refractivity contribution is -0.387. The van der Waals surface area contributed by atoms with Crippen LogP contribution in [0.15, 0.2) is 18.2 Å². The van der Waals surface area contributed by atoms with Crippen LogP contribution in [0.4, 0.5) is 10.1 Å². The lowest BCUT2D eigenvalue weighted by Crippen LogP contribution is -2.39. The number of hydrogen-bond acceptors (Lipinski definition) is 3. The van der Waals surface area contributed by atoms with E-state index in [0.29, 0.717) is 12.6 Å². The van der Waals surface area contributed by atoms with E-state index in [2.05, 4.69) is 12.2 Å². The van der Waals surface area contributed by atoms with Gasteiger partial charge in [-0.3, -0.25) is 10.1 Å². The molecule has 0 bridgehead atoms. The predicted molar refractivity (Wildman–Crippen MR) is 62.1 cm³/mol.